The molecular weight excluding hydrogens is 280 g/mol. The Kier molecular flexibility index (Phi) is 6.96. The van der Waals surface area contributed by atoms with Crippen molar-refractivity contribution in [2.45, 2.75) is 25.8 Å². The molecule has 0 amide bonds. The Balaban J connectivity index is 2.21. The Hall–Kier alpha value is -1.30. The fourth-order valence-corrected chi connectivity index (χ4v) is 2.73. The van der Waals surface area contributed by atoms with Crippen LogP contribution in [0.15, 0.2) is 18.2 Å². The normalized spacial score (nSPS) is 17.2. The Morgan fingerprint density at radius 2 is 2.09 bits per heavy atom. The second-order valence-corrected chi connectivity index (χ2v) is 5.51. The molecule has 2 rings (SSSR count). The van der Waals surface area contributed by atoms with Gasteiger partial charge < -0.3 is 19.9 Å². The molecular formula is C17H28N2O3. The van der Waals surface area contributed by atoms with Crippen molar-refractivity contribution < 1.29 is 14.2 Å². The van der Waals surface area contributed by atoms with E-state index < -0.39 is 0 Å². The van der Waals surface area contributed by atoms with Crippen molar-refractivity contribution in [3.05, 3.63) is 23.8 Å². The van der Waals surface area contributed by atoms with E-state index in [9.17, 15) is 0 Å². The van der Waals surface area contributed by atoms with Gasteiger partial charge in [0, 0.05) is 31.3 Å². The van der Waals surface area contributed by atoms with Crippen LogP contribution < -0.4 is 15.2 Å². The van der Waals surface area contributed by atoms with Gasteiger partial charge in [-0.3, -0.25) is 4.90 Å². The Morgan fingerprint density at radius 3 is 2.73 bits per heavy atom. The molecule has 5 heteroatoms. The molecule has 1 aromatic rings. The lowest BCUT2D eigenvalue weighted by molar-refractivity contribution is 0.0173. The number of unbranched alkanes of at least 4 members (excludes halogenated alkanes) is 1. The number of methoxy groups -OCH3 is 1. The average Bonchev–Trinajstić information content (AvgIpc) is 2.58. The number of rotatable bonds is 8. The van der Waals surface area contributed by atoms with Gasteiger partial charge in [0.2, 0.25) is 0 Å². The van der Waals surface area contributed by atoms with Crippen LogP contribution in [-0.2, 0) is 4.74 Å². The third-order valence-electron chi connectivity index (χ3n) is 4.04. The molecule has 1 fully saturated rings. The fourth-order valence-electron chi connectivity index (χ4n) is 2.73. The first-order valence-corrected chi connectivity index (χ1v) is 8.12. The van der Waals surface area contributed by atoms with Crippen LogP contribution in [0.25, 0.3) is 0 Å². The number of hydrogen-bond donors (Lipinski definition) is 1. The zero-order valence-corrected chi connectivity index (χ0v) is 13.7. The summed E-state index contributed by atoms with van der Waals surface area (Å²) in [5.74, 6) is 1.70. The Morgan fingerprint density at radius 1 is 1.32 bits per heavy atom. The summed E-state index contributed by atoms with van der Waals surface area (Å²) < 4.78 is 16.8. The molecule has 0 aliphatic carbocycles. The summed E-state index contributed by atoms with van der Waals surface area (Å²) in [5, 5.41) is 0. The minimum atomic E-state index is 0.159. The number of nitrogens with two attached hydrogens (primary N) is 1. The zero-order valence-electron chi connectivity index (χ0n) is 13.7. The standard InChI is InChI=1S/C17H28N2O3/c1-3-4-9-22-17-12-14(20-2)5-6-15(17)16(13-18)19-7-10-21-11-8-19/h5-6,12,16H,3-4,7-11,13,18H2,1-2H3. The van der Waals surface area contributed by atoms with Gasteiger partial charge in [-0.05, 0) is 12.5 Å². The summed E-state index contributed by atoms with van der Waals surface area (Å²) >= 11 is 0. The third-order valence-corrected chi connectivity index (χ3v) is 4.04. The quantitative estimate of drug-likeness (QED) is 0.746. The second-order valence-electron chi connectivity index (χ2n) is 5.51. The van der Waals surface area contributed by atoms with Crippen LogP contribution in [-0.4, -0.2) is 51.5 Å². The van der Waals surface area contributed by atoms with Gasteiger partial charge in [0.15, 0.2) is 0 Å². The van der Waals surface area contributed by atoms with E-state index in [1.165, 1.54) is 0 Å². The molecule has 0 radical (unpaired) electrons. The van der Waals surface area contributed by atoms with E-state index in [1.807, 2.05) is 12.1 Å². The maximum absolute atomic E-state index is 6.06. The zero-order chi connectivity index (χ0) is 15.8. The van der Waals surface area contributed by atoms with E-state index in [2.05, 4.69) is 17.9 Å². The van der Waals surface area contributed by atoms with Gasteiger partial charge in [-0.2, -0.15) is 0 Å². The smallest absolute Gasteiger partial charge is 0.127 e. The lowest BCUT2D eigenvalue weighted by Crippen LogP contribution is -2.42. The largest absolute Gasteiger partial charge is 0.497 e. The van der Waals surface area contributed by atoms with Crippen molar-refractivity contribution in [2.24, 2.45) is 5.73 Å². The average molecular weight is 308 g/mol. The van der Waals surface area contributed by atoms with E-state index in [4.69, 9.17) is 19.9 Å². The second kappa shape index (κ2) is 8.98. The predicted octanol–water partition coefficient (Wildman–Crippen LogP) is 2.21. The third kappa shape index (κ3) is 4.35. The van der Waals surface area contributed by atoms with Crippen LogP contribution in [0.3, 0.4) is 0 Å². The molecule has 0 aromatic heterocycles. The van der Waals surface area contributed by atoms with Gasteiger partial charge in [-0.1, -0.05) is 19.4 Å². The van der Waals surface area contributed by atoms with Crippen molar-refractivity contribution in [2.75, 3.05) is 46.6 Å². The van der Waals surface area contributed by atoms with E-state index in [-0.39, 0.29) is 6.04 Å². The molecule has 22 heavy (non-hydrogen) atoms. The summed E-state index contributed by atoms with van der Waals surface area (Å²) in [6.45, 7) is 6.78. The van der Waals surface area contributed by atoms with Crippen LogP contribution >= 0.6 is 0 Å². The van der Waals surface area contributed by atoms with E-state index in [0.717, 1.165) is 62.8 Å². The lowest BCUT2D eigenvalue weighted by atomic mass is 10.0. The van der Waals surface area contributed by atoms with Gasteiger partial charge >= 0.3 is 0 Å². The summed E-state index contributed by atoms with van der Waals surface area (Å²) in [6, 6.07) is 6.18. The molecule has 0 spiro atoms. The van der Waals surface area contributed by atoms with E-state index in [0.29, 0.717) is 6.54 Å². The molecule has 2 N–H and O–H groups in total. The highest BCUT2D eigenvalue weighted by molar-refractivity contribution is 5.42. The van der Waals surface area contributed by atoms with Crippen LogP contribution in [0.1, 0.15) is 31.4 Å². The lowest BCUT2D eigenvalue weighted by Gasteiger charge is -2.34. The first-order chi connectivity index (χ1) is 10.8. The first kappa shape index (κ1) is 17.1. The summed E-state index contributed by atoms with van der Waals surface area (Å²) in [5.41, 5.74) is 7.20. The molecule has 1 heterocycles. The maximum Gasteiger partial charge on any atom is 0.127 e. The first-order valence-electron chi connectivity index (χ1n) is 8.12. The van der Waals surface area contributed by atoms with Gasteiger partial charge in [0.1, 0.15) is 11.5 Å². The molecule has 0 saturated carbocycles. The molecule has 1 aliphatic heterocycles. The molecule has 1 aromatic carbocycles. The van der Waals surface area contributed by atoms with Crippen molar-refractivity contribution in [1.29, 1.82) is 0 Å². The van der Waals surface area contributed by atoms with Crippen molar-refractivity contribution in [3.8, 4) is 11.5 Å². The van der Waals surface area contributed by atoms with Crippen LogP contribution in [0.2, 0.25) is 0 Å². The number of benzene rings is 1. The van der Waals surface area contributed by atoms with Crippen molar-refractivity contribution >= 4 is 0 Å². The highest BCUT2D eigenvalue weighted by Gasteiger charge is 2.24. The monoisotopic (exact) mass is 308 g/mol. The molecule has 1 saturated heterocycles. The van der Waals surface area contributed by atoms with Gasteiger partial charge in [-0.15, -0.1) is 0 Å². The summed E-state index contributed by atoms with van der Waals surface area (Å²) in [6.07, 6.45) is 2.16. The van der Waals surface area contributed by atoms with E-state index in [1.54, 1.807) is 7.11 Å². The summed E-state index contributed by atoms with van der Waals surface area (Å²) in [7, 11) is 1.67. The fraction of sp³-hybridized carbons (Fsp3) is 0.647. The topological polar surface area (TPSA) is 57.0 Å². The Labute approximate surface area is 133 Å². The van der Waals surface area contributed by atoms with Gasteiger partial charge in [0.25, 0.3) is 0 Å². The SMILES string of the molecule is CCCCOc1cc(OC)ccc1C(CN)N1CCOCC1. The molecule has 1 unspecified atom stereocenters. The highest BCUT2D eigenvalue weighted by atomic mass is 16.5. The van der Waals surface area contributed by atoms with E-state index >= 15 is 0 Å². The van der Waals surface area contributed by atoms with Crippen molar-refractivity contribution in [1.82, 2.24) is 4.90 Å². The molecule has 124 valence electrons. The molecule has 1 atom stereocenters. The van der Waals surface area contributed by atoms with Gasteiger partial charge in [0.05, 0.1) is 33.0 Å². The number of ether oxygens (including phenoxy) is 3. The Bertz CT molecular complexity index is 448. The molecule has 1 aliphatic rings. The number of hydrogen-bond acceptors (Lipinski definition) is 5. The maximum atomic E-state index is 6.06. The highest BCUT2D eigenvalue weighted by Crippen LogP contribution is 2.33. The van der Waals surface area contributed by atoms with Crippen molar-refractivity contribution in [3.63, 3.8) is 0 Å². The number of morpholine rings is 1. The molecule has 0 bridgehead atoms. The molecule has 5 nitrogen and oxygen atoms in total. The summed E-state index contributed by atoms with van der Waals surface area (Å²) in [4.78, 5) is 2.37. The number of nitrogens with zero attached hydrogens (tertiary/aromatic N) is 1. The van der Waals surface area contributed by atoms with Crippen LogP contribution in [0.4, 0.5) is 0 Å². The van der Waals surface area contributed by atoms with Crippen LogP contribution in [0, 0.1) is 0 Å². The van der Waals surface area contributed by atoms with Crippen LogP contribution in [0.5, 0.6) is 11.5 Å². The predicted molar refractivity (Wildman–Crippen MR) is 87.6 cm³/mol. The minimum Gasteiger partial charge on any atom is -0.497 e. The van der Waals surface area contributed by atoms with Gasteiger partial charge in [-0.25, -0.2) is 0 Å². The minimum absolute atomic E-state index is 0.159.